The summed E-state index contributed by atoms with van der Waals surface area (Å²) in [5, 5.41) is 2.31. The number of amides is 1. The number of hydrogen-bond acceptors (Lipinski definition) is 2. The average Bonchev–Trinajstić information content (AvgIpc) is 2.43. The molecule has 1 fully saturated rings. The highest BCUT2D eigenvalue weighted by atomic mass is 35.5. The lowest BCUT2D eigenvalue weighted by molar-refractivity contribution is -0.134. The van der Waals surface area contributed by atoms with E-state index in [0.29, 0.717) is 0 Å². The van der Waals surface area contributed by atoms with Crippen LogP contribution in [0.5, 0.6) is 0 Å². The van der Waals surface area contributed by atoms with Crippen LogP contribution in [0.1, 0.15) is 6.42 Å². The lowest BCUT2D eigenvalue weighted by Crippen LogP contribution is -2.43. The van der Waals surface area contributed by atoms with Crippen molar-refractivity contribution in [2.45, 2.75) is 24.8 Å². The molecule has 0 saturated carbocycles. The molecule has 1 atom stereocenters. The highest BCUT2D eigenvalue weighted by molar-refractivity contribution is 5.85. The molecule has 1 saturated heterocycles. The molecule has 0 aliphatic carbocycles. The molecule has 0 aromatic rings. The van der Waals surface area contributed by atoms with Crippen LogP contribution in [0, 0.1) is 0 Å². The largest absolute Gasteiger partial charge is 0.339 e. The second-order valence-electron chi connectivity index (χ2n) is 3.60. The number of nitrogens with zero attached hydrogens (tertiary/aromatic N) is 1. The predicted molar refractivity (Wildman–Crippen MR) is 52.2 cm³/mol. The molecule has 1 heterocycles. The van der Waals surface area contributed by atoms with E-state index in [-0.39, 0.29) is 12.4 Å². The summed E-state index contributed by atoms with van der Waals surface area (Å²) >= 11 is 0. The fourth-order valence-electron chi connectivity index (χ4n) is 1.45. The first kappa shape index (κ1) is 15.4. The van der Waals surface area contributed by atoms with Gasteiger partial charge in [-0.1, -0.05) is 0 Å². The van der Waals surface area contributed by atoms with Gasteiger partial charge in [0.2, 0.25) is 5.91 Å². The number of alkyl halides is 4. The summed E-state index contributed by atoms with van der Waals surface area (Å²) in [6.45, 7) is -1.31. The third-order valence-corrected chi connectivity index (χ3v) is 2.20. The number of halogens is 5. The van der Waals surface area contributed by atoms with Gasteiger partial charge in [-0.3, -0.25) is 10.1 Å². The summed E-state index contributed by atoms with van der Waals surface area (Å²) in [6.07, 6.45) is -3.28. The molecule has 0 spiro atoms. The van der Waals surface area contributed by atoms with Crippen molar-refractivity contribution < 1.29 is 22.4 Å². The molecule has 1 amide bonds. The van der Waals surface area contributed by atoms with Crippen molar-refractivity contribution in [2.24, 2.45) is 0 Å². The summed E-state index contributed by atoms with van der Waals surface area (Å²) in [5.74, 6) is -3.64. The summed E-state index contributed by atoms with van der Waals surface area (Å²) < 4.78 is 49.2. The van der Waals surface area contributed by atoms with Gasteiger partial charge >= 0.3 is 0 Å². The van der Waals surface area contributed by atoms with E-state index in [4.69, 9.17) is 0 Å². The summed E-state index contributed by atoms with van der Waals surface area (Å²) in [5.41, 5.74) is 0. The minimum Gasteiger partial charge on any atom is -0.339 e. The first-order chi connectivity index (χ1) is 6.82. The predicted octanol–water partition coefficient (Wildman–Crippen LogP) is 1.13. The number of likely N-dealkylation sites (N-methyl/N-ethyl adjacent to an activating group) is 1. The van der Waals surface area contributed by atoms with Crippen LogP contribution in [0.15, 0.2) is 0 Å². The molecule has 96 valence electrons. The maximum atomic E-state index is 12.7. The van der Waals surface area contributed by atoms with Crippen molar-refractivity contribution in [2.75, 3.05) is 20.1 Å². The Morgan fingerprint density at radius 2 is 2.12 bits per heavy atom. The average molecular weight is 265 g/mol. The van der Waals surface area contributed by atoms with Crippen LogP contribution in [-0.4, -0.2) is 49.3 Å². The maximum Gasteiger partial charge on any atom is 0.262 e. The van der Waals surface area contributed by atoms with E-state index in [1.807, 2.05) is 0 Å². The van der Waals surface area contributed by atoms with E-state index in [2.05, 4.69) is 5.32 Å². The van der Waals surface area contributed by atoms with Crippen molar-refractivity contribution in [3.05, 3.63) is 0 Å². The minimum atomic E-state index is -2.92. The van der Waals surface area contributed by atoms with Gasteiger partial charge in [-0.15, -0.1) is 12.4 Å². The van der Waals surface area contributed by atoms with Crippen LogP contribution in [0.25, 0.3) is 0 Å². The minimum absolute atomic E-state index is 0. The standard InChI is InChI=1S/C8H12F4N2O.ClH/c1-14(3-6(9)10)7(15)5-2-8(11,12)4-13-5;/h5-6,13H,2-4H2,1H3;1H. The first-order valence-corrected chi connectivity index (χ1v) is 4.46. The lowest BCUT2D eigenvalue weighted by Gasteiger charge is -2.20. The molecule has 0 aromatic carbocycles. The van der Waals surface area contributed by atoms with Gasteiger partial charge in [0.05, 0.1) is 19.1 Å². The Morgan fingerprint density at radius 1 is 1.56 bits per heavy atom. The zero-order chi connectivity index (χ0) is 11.6. The second kappa shape index (κ2) is 5.67. The number of hydrogen-bond donors (Lipinski definition) is 1. The molecule has 1 N–H and O–H groups in total. The Labute approximate surface area is 96.6 Å². The summed E-state index contributed by atoms with van der Waals surface area (Å²) in [7, 11) is 1.17. The lowest BCUT2D eigenvalue weighted by atomic mass is 10.2. The molecule has 1 aliphatic rings. The molecule has 1 unspecified atom stereocenters. The van der Waals surface area contributed by atoms with Crippen molar-refractivity contribution in [3.63, 3.8) is 0 Å². The monoisotopic (exact) mass is 264 g/mol. The molecule has 16 heavy (non-hydrogen) atoms. The quantitative estimate of drug-likeness (QED) is 0.775. The SMILES string of the molecule is CN(CC(F)F)C(=O)C1CC(F)(F)CN1.Cl. The van der Waals surface area contributed by atoms with Crippen molar-refractivity contribution in [1.82, 2.24) is 10.2 Å². The van der Waals surface area contributed by atoms with Gasteiger partial charge in [0, 0.05) is 13.5 Å². The first-order valence-electron chi connectivity index (χ1n) is 4.46. The van der Waals surface area contributed by atoms with Crippen LogP contribution in [0.3, 0.4) is 0 Å². The van der Waals surface area contributed by atoms with Gasteiger partial charge in [-0.2, -0.15) is 0 Å². The van der Waals surface area contributed by atoms with Crippen molar-refractivity contribution in [1.29, 1.82) is 0 Å². The van der Waals surface area contributed by atoms with Crippen LogP contribution in [0.2, 0.25) is 0 Å². The van der Waals surface area contributed by atoms with E-state index in [9.17, 15) is 22.4 Å². The summed E-state index contributed by atoms with van der Waals surface area (Å²) in [6, 6.07) is -1.05. The smallest absolute Gasteiger partial charge is 0.262 e. The zero-order valence-electron chi connectivity index (χ0n) is 8.55. The van der Waals surface area contributed by atoms with Crippen LogP contribution in [0.4, 0.5) is 17.6 Å². The van der Waals surface area contributed by atoms with E-state index in [1.54, 1.807) is 0 Å². The normalized spacial score (nSPS) is 23.0. The Morgan fingerprint density at radius 3 is 2.50 bits per heavy atom. The number of carbonyl (C=O) groups excluding carboxylic acids is 1. The van der Waals surface area contributed by atoms with E-state index < -0.39 is 43.8 Å². The highest BCUT2D eigenvalue weighted by Gasteiger charge is 2.43. The zero-order valence-corrected chi connectivity index (χ0v) is 9.37. The van der Waals surface area contributed by atoms with Crippen LogP contribution in [-0.2, 0) is 4.79 Å². The molecule has 3 nitrogen and oxygen atoms in total. The molecule has 0 aromatic heterocycles. The Balaban J connectivity index is 0.00000225. The third-order valence-electron chi connectivity index (χ3n) is 2.20. The van der Waals surface area contributed by atoms with Gasteiger partial charge in [0.15, 0.2) is 0 Å². The Hall–Kier alpha value is -0.560. The van der Waals surface area contributed by atoms with E-state index in [0.717, 1.165) is 4.90 Å². The number of nitrogens with one attached hydrogen (secondary N) is 1. The Kier molecular flexibility index (Phi) is 5.48. The molecule has 1 rings (SSSR count). The Bertz CT molecular complexity index is 252. The highest BCUT2D eigenvalue weighted by Crippen LogP contribution is 2.25. The molecular weight excluding hydrogens is 252 g/mol. The fourth-order valence-corrected chi connectivity index (χ4v) is 1.45. The van der Waals surface area contributed by atoms with Crippen molar-refractivity contribution >= 4 is 18.3 Å². The van der Waals surface area contributed by atoms with Crippen LogP contribution < -0.4 is 5.32 Å². The van der Waals surface area contributed by atoms with Gasteiger partial charge in [-0.25, -0.2) is 17.6 Å². The van der Waals surface area contributed by atoms with E-state index >= 15 is 0 Å². The van der Waals surface area contributed by atoms with Gasteiger partial charge in [0.25, 0.3) is 12.3 Å². The molecule has 0 bridgehead atoms. The summed E-state index contributed by atoms with van der Waals surface area (Å²) in [4.78, 5) is 12.1. The second-order valence-corrected chi connectivity index (χ2v) is 3.60. The van der Waals surface area contributed by atoms with Gasteiger partial charge in [0.1, 0.15) is 0 Å². The van der Waals surface area contributed by atoms with Gasteiger partial charge in [-0.05, 0) is 0 Å². The topological polar surface area (TPSA) is 32.3 Å². The molecule has 8 heteroatoms. The number of rotatable bonds is 3. The fraction of sp³-hybridized carbons (Fsp3) is 0.875. The maximum absolute atomic E-state index is 12.7. The molecular formula is C8H13ClF4N2O. The number of carbonyl (C=O) groups is 1. The molecule has 1 aliphatic heterocycles. The van der Waals surface area contributed by atoms with E-state index in [1.165, 1.54) is 7.05 Å². The third kappa shape index (κ3) is 4.13. The van der Waals surface area contributed by atoms with Crippen molar-refractivity contribution in [3.8, 4) is 0 Å². The van der Waals surface area contributed by atoms with Crippen LogP contribution >= 0.6 is 12.4 Å². The molecule has 0 radical (unpaired) electrons. The van der Waals surface area contributed by atoms with Gasteiger partial charge < -0.3 is 4.90 Å².